The highest BCUT2D eigenvalue weighted by Gasteiger charge is 2.42. The summed E-state index contributed by atoms with van der Waals surface area (Å²) in [6, 6.07) is 0.550. The van der Waals surface area contributed by atoms with E-state index >= 15 is 0 Å². The number of imidazole rings is 1. The minimum Gasteiger partial charge on any atom is -0.375 e. The maximum atomic E-state index is 6.04. The fourth-order valence-corrected chi connectivity index (χ4v) is 4.66. The van der Waals surface area contributed by atoms with Crippen LogP contribution >= 0.6 is 11.3 Å². The molecule has 1 aliphatic carbocycles. The van der Waals surface area contributed by atoms with Crippen LogP contribution in [0.5, 0.6) is 0 Å². The number of hydrogen-bond donors (Lipinski definition) is 1. The van der Waals surface area contributed by atoms with E-state index in [9.17, 15) is 0 Å². The molecule has 2 aromatic heterocycles. The molecule has 2 aliphatic rings. The highest BCUT2D eigenvalue weighted by atomic mass is 32.1. The van der Waals surface area contributed by atoms with E-state index in [1.807, 2.05) is 11.4 Å². The van der Waals surface area contributed by atoms with Gasteiger partial charge in [-0.2, -0.15) is 5.10 Å². The zero-order valence-electron chi connectivity index (χ0n) is 14.3. The first-order valence-electron chi connectivity index (χ1n) is 8.79. The van der Waals surface area contributed by atoms with Crippen LogP contribution in [0.3, 0.4) is 0 Å². The summed E-state index contributed by atoms with van der Waals surface area (Å²) >= 11 is 1.67. The van der Waals surface area contributed by atoms with Crippen LogP contribution in [0.25, 0.3) is 4.96 Å². The summed E-state index contributed by atoms with van der Waals surface area (Å²) in [5.74, 6) is 0.425. The molecule has 126 valence electrons. The number of nitrogens with zero attached hydrogens (tertiary/aromatic N) is 3. The molecule has 0 bridgehead atoms. The van der Waals surface area contributed by atoms with Gasteiger partial charge in [-0.05, 0) is 44.9 Å². The largest absolute Gasteiger partial charge is 0.375 e. The number of nitrogens with one attached hydrogen (secondary N) is 1. The fraction of sp³-hybridized carbons (Fsp3) is 0.765. The van der Waals surface area contributed by atoms with Crippen LogP contribution < -0.4 is 5.32 Å². The van der Waals surface area contributed by atoms with E-state index in [0.717, 1.165) is 36.0 Å². The van der Waals surface area contributed by atoms with Crippen molar-refractivity contribution in [3.63, 3.8) is 0 Å². The Morgan fingerprint density at radius 1 is 1.43 bits per heavy atom. The van der Waals surface area contributed by atoms with Gasteiger partial charge in [0.05, 0.1) is 17.0 Å². The lowest BCUT2D eigenvalue weighted by Crippen LogP contribution is -2.50. The van der Waals surface area contributed by atoms with Crippen molar-refractivity contribution in [3.8, 4) is 0 Å². The van der Waals surface area contributed by atoms with E-state index < -0.39 is 0 Å². The number of ether oxygens (including phenoxy) is 1. The molecular formula is C17H26N4OS. The van der Waals surface area contributed by atoms with E-state index in [1.54, 1.807) is 11.3 Å². The number of fused-ring (bicyclic) bond motifs is 1. The van der Waals surface area contributed by atoms with Crippen molar-refractivity contribution in [2.24, 2.45) is 0 Å². The second kappa shape index (κ2) is 5.83. The summed E-state index contributed by atoms with van der Waals surface area (Å²) in [6.07, 6.45) is 6.07. The second-order valence-corrected chi connectivity index (χ2v) is 8.53. The first-order valence-corrected chi connectivity index (χ1v) is 9.60. The van der Waals surface area contributed by atoms with Gasteiger partial charge in [0, 0.05) is 19.2 Å². The molecule has 3 heterocycles. The van der Waals surface area contributed by atoms with Gasteiger partial charge in [-0.15, -0.1) is 0 Å². The standard InChI is InChI=1S/C17H26N4OS/c1-11(2)15-14(21-16(19-15)23-12(3)20-21)10-18-13-5-8-22-17(9-13)6-4-7-17/h11,13,18H,4-10H2,1-3H3. The van der Waals surface area contributed by atoms with E-state index in [1.165, 1.54) is 30.7 Å². The van der Waals surface area contributed by atoms with E-state index in [2.05, 4.69) is 24.3 Å². The highest BCUT2D eigenvalue weighted by Crippen LogP contribution is 2.42. The molecule has 1 spiro atoms. The molecule has 1 saturated heterocycles. The van der Waals surface area contributed by atoms with Gasteiger partial charge in [-0.25, -0.2) is 9.50 Å². The lowest BCUT2D eigenvalue weighted by atomic mass is 9.74. The van der Waals surface area contributed by atoms with Crippen molar-refractivity contribution >= 4 is 16.3 Å². The van der Waals surface area contributed by atoms with Crippen LogP contribution in [0.1, 0.15) is 68.3 Å². The molecule has 1 N–H and O–H groups in total. The third-order valence-electron chi connectivity index (χ3n) is 5.29. The molecule has 23 heavy (non-hydrogen) atoms. The summed E-state index contributed by atoms with van der Waals surface area (Å²) in [7, 11) is 0. The minimum absolute atomic E-state index is 0.195. The van der Waals surface area contributed by atoms with E-state index in [4.69, 9.17) is 9.72 Å². The van der Waals surface area contributed by atoms with Crippen molar-refractivity contribution in [1.29, 1.82) is 0 Å². The third kappa shape index (κ3) is 2.81. The normalized spacial score (nSPS) is 23.7. The zero-order valence-corrected chi connectivity index (χ0v) is 15.1. The second-order valence-electron chi connectivity index (χ2n) is 7.37. The van der Waals surface area contributed by atoms with Gasteiger partial charge in [0.2, 0.25) is 4.96 Å². The molecule has 6 heteroatoms. The highest BCUT2D eigenvalue weighted by molar-refractivity contribution is 7.16. The number of rotatable bonds is 4. The van der Waals surface area contributed by atoms with Gasteiger partial charge >= 0.3 is 0 Å². The SMILES string of the molecule is Cc1nn2c(CNC3CCOC4(CCC4)C3)c(C(C)C)nc2s1. The summed E-state index contributed by atoms with van der Waals surface area (Å²) in [6.45, 7) is 8.20. The molecule has 1 unspecified atom stereocenters. The molecule has 0 radical (unpaired) electrons. The molecule has 2 fully saturated rings. The fourth-order valence-electron chi connectivity index (χ4n) is 3.89. The van der Waals surface area contributed by atoms with Gasteiger partial charge in [0.25, 0.3) is 0 Å². The summed E-state index contributed by atoms with van der Waals surface area (Å²) in [5, 5.41) is 9.48. The Labute approximate surface area is 141 Å². The van der Waals surface area contributed by atoms with Crippen LogP contribution in [-0.2, 0) is 11.3 Å². The maximum Gasteiger partial charge on any atom is 0.212 e. The molecule has 0 amide bonds. The smallest absolute Gasteiger partial charge is 0.212 e. The Bertz CT molecular complexity index is 701. The minimum atomic E-state index is 0.195. The summed E-state index contributed by atoms with van der Waals surface area (Å²) < 4.78 is 8.08. The topological polar surface area (TPSA) is 51.5 Å². The molecule has 2 aromatic rings. The number of hydrogen-bond acceptors (Lipinski definition) is 5. The van der Waals surface area contributed by atoms with Crippen molar-refractivity contribution in [1.82, 2.24) is 19.9 Å². The van der Waals surface area contributed by atoms with Crippen molar-refractivity contribution in [3.05, 3.63) is 16.4 Å². The number of aryl methyl sites for hydroxylation is 1. The van der Waals surface area contributed by atoms with Gasteiger partial charge in [0.15, 0.2) is 0 Å². The van der Waals surface area contributed by atoms with Gasteiger partial charge in [-0.3, -0.25) is 0 Å². The summed E-state index contributed by atoms with van der Waals surface area (Å²) in [4.78, 5) is 5.83. The van der Waals surface area contributed by atoms with Gasteiger partial charge < -0.3 is 10.1 Å². The average molecular weight is 334 g/mol. The van der Waals surface area contributed by atoms with E-state index in [-0.39, 0.29) is 5.60 Å². The maximum absolute atomic E-state index is 6.04. The lowest BCUT2D eigenvalue weighted by Gasteiger charge is -2.47. The predicted octanol–water partition coefficient (Wildman–Crippen LogP) is 3.41. The molecule has 1 aliphatic heterocycles. The third-order valence-corrected chi connectivity index (χ3v) is 6.12. The Balaban J connectivity index is 1.51. The molecule has 1 saturated carbocycles. The van der Waals surface area contributed by atoms with Gasteiger partial charge in [-0.1, -0.05) is 25.2 Å². The van der Waals surface area contributed by atoms with E-state index in [0.29, 0.717) is 12.0 Å². The predicted molar refractivity (Wildman–Crippen MR) is 92.1 cm³/mol. The Kier molecular flexibility index (Phi) is 3.94. The molecule has 5 nitrogen and oxygen atoms in total. The monoisotopic (exact) mass is 334 g/mol. The Hall–Kier alpha value is -0.980. The van der Waals surface area contributed by atoms with Crippen LogP contribution in [0, 0.1) is 6.92 Å². The van der Waals surface area contributed by atoms with Crippen molar-refractivity contribution in [2.75, 3.05) is 6.61 Å². The van der Waals surface area contributed by atoms with Crippen LogP contribution in [-0.4, -0.2) is 32.8 Å². The molecular weight excluding hydrogens is 308 g/mol. The first-order chi connectivity index (χ1) is 11.1. The average Bonchev–Trinajstić information content (AvgIpc) is 3.00. The molecule has 4 rings (SSSR count). The number of aromatic nitrogens is 3. The zero-order chi connectivity index (χ0) is 16.0. The lowest BCUT2D eigenvalue weighted by molar-refractivity contribution is -0.135. The molecule has 1 atom stereocenters. The van der Waals surface area contributed by atoms with Gasteiger partial charge in [0.1, 0.15) is 5.01 Å². The van der Waals surface area contributed by atoms with Crippen LogP contribution in [0.4, 0.5) is 0 Å². The van der Waals surface area contributed by atoms with Crippen molar-refractivity contribution < 1.29 is 4.74 Å². The first kappa shape index (κ1) is 15.5. The quantitative estimate of drug-likeness (QED) is 0.931. The Morgan fingerprint density at radius 3 is 2.96 bits per heavy atom. The Morgan fingerprint density at radius 2 is 2.26 bits per heavy atom. The van der Waals surface area contributed by atoms with Crippen LogP contribution in [0.15, 0.2) is 0 Å². The van der Waals surface area contributed by atoms with Crippen LogP contribution in [0.2, 0.25) is 0 Å². The van der Waals surface area contributed by atoms with Crippen molar-refractivity contribution in [2.45, 2.75) is 77.0 Å². The summed E-state index contributed by atoms with van der Waals surface area (Å²) in [5.41, 5.74) is 2.61. The molecule has 0 aromatic carbocycles.